The molecule has 0 radical (unpaired) electrons. The minimum absolute atomic E-state index is 0.170. The van der Waals surface area contributed by atoms with Gasteiger partial charge >= 0.3 is 0 Å². The minimum Gasteiger partial charge on any atom is -0.484 e. The number of benzene rings is 4. The lowest BCUT2D eigenvalue weighted by Crippen LogP contribution is -2.39. The molecule has 0 unspecified atom stereocenters. The van der Waals surface area contributed by atoms with Gasteiger partial charge in [0.15, 0.2) is 6.61 Å². The van der Waals surface area contributed by atoms with Gasteiger partial charge in [-0.25, -0.2) is 22.6 Å². The van der Waals surface area contributed by atoms with E-state index in [2.05, 4.69) is 15.8 Å². The van der Waals surface area contributed by atoms with E-state index >= 15 is 0 Å². The fourth-order valence-corrected chi connectivity index (χ4v) is 5.05. The Balaban J connectivity index is 1.34. The summed E-state index contributed by atoms with van der Waals surface area (Å²) < 4.78 is 59.4. The molecule has 0 bridgehead atoms. The van der Waals surface area contributed by atoms with E-state index in [1.807, 2.05) is 6.92 Å². The van der Waals surface area contributed by atoms with E-state index in [1.54, 1.807) is 48.5 Å². The number of nitrogens with one attached hydrogen (secondary N) is 2. The smallest absolute Gasteiger partial charge is 0.264 e. The lowest BCUT2D eigenvalue weighted by atomic mass is 10.2. The van der Waals surface area contributed by atoms with Gasteiger partial charge in [-0.3, -0.25) is 13.9 Å². The summed E-state index contributed by atoms with van der Waals surface area (Å²) in [7, 11) is -4.20. The lowest BCUT2D eigenvalue weighted by molar-refractivity contribution is -0.119. The molecule has 42 heavy (non-hydrogen) atoms. The number of hydrazone groups is 1. The van der Waals surface area contributed by atoms with E-state index in [9.17, 15) is 26.8 Å². The first-order valence-corrected chi connectivity index (χ1v) is 14.0. The Morgan fingerprint density at radius 3 is 2.05 bits per heavy atom. The number of hydrogen-bond acceptors (Lipinski definition) is 6. The summed E-state index contributed by atoms with van der Waals surface area (Å²) in [5.41, 5.74) is 4.50. The predicted molar refractivity (Wildman–Crippen MR) is 155 cm³/mol. The number of hydrogen-bond donors (Lipinski definition) is 2. The molecule has 0 spiro atoms. The van der Waals surface area contributed by atoms with Crippen LogP contribution in [0.3, 0.4) is 0 Å². The first kappa shape index (κ1) is 29.9. The summed E-state index contributed by atoms with van der Waals surface area (Å²) >= 11 is 0. The fraction of sp³-hybridized carbons (Fsp3) is 0.100. The molecule has 4 rings (SSSR count). The van der Waals surface area contributed by atoms with Crippen molar-refractivity contribution < 1.29 is 31.5 Å². The topological polar surface area (TPSA) is 117 Å². The van der Waals surface area contributed by atoms with Crippen molar-refractivity contribution in [3.63, 3.8) is 0 Å². The molecule has 2 N–H and O–H groups in total. The zero-order valence-corrected chi connectivity index (χ0v) is 23.1. The lowest BCUT2D eigenvalue weighted by Gasteiger charge is -2.23. The van der Waals surface area contributed by atoms with Crippen LogP contribution in [0.25, 0.3) is 0 Å². The molecule has 2 amide bonds. The van der Waals surface area contributed by atoms with Crippen molar-refractivity contribution in [3.05, 3.63) is 120 Å². The van der Waals surface area contributed by atoms with Gasteiger partial charge in [-0.1, -0.05) is 17.7 Å². The van der Waals surface area contributed by atoms with Crippen molar-refractivity contribution in [2.24, 2.45) is 5.10 Å². The van der Waals surface area contributed by atoms with Crippen LogP contribution in [0.1, 0.15) is 11.1 Å². The summed E-state index contributed by atoms with van der Waals surface area (Å²) in [5.74, 6) is -1.72. The quantitative estimate of drug-likeness (QED) is 0.195. The zero-order valence-electron chi connectivity index (χ0n) is 22.3. The van der Waals surface area contributed by atoms with E-state index in [0.29, 0.717) is 17.0 Å². The van der Waals surface area contributed by atoms with E-state index in [1.165, 1.54) is 30.5 Å². The van der Waals surface area contributed by atoms with Crippen LogP contribution in [-0.4, -0.2) is 39.6 Å². The van der Waals surface area contributed by atoms with Gasteiger partial charge in [0.05, 0.1) is 16.8 Å². The molecule has 216 valence electrons. The van der Waals surface area contributed by atoms with Gasteiger partial charge in [-0.15, -0.1) is 0 Å². The van der Waals surface area contributed by atoms with Crippen molar-refractivity contribution in [2.75, 3.05) is 22.8 Å². The molecular formula is C30H26F2N4O5S. The molecule has 12 heteroatoms. The van der Waals surface area contributed by atoms with Gasteiger partial charge in [0.25, 0.3) is 21.8 Å². The second-order valence-corrected chi connectivity index (χ2v) is 10.9. The monoisotopic (exact) mass is 592 g/mol. The van der Waals surface area contributed by atoms with Crippen molar-refractivity contribution in [2.45, 2.75) is 11.8 Å². The molecule has 0 aliphatic heterocycles. The largest absolute Gasteiger partial charge is 0.484 e. The third-order valence-electron chi connectivity index (χ3n) is 5.79. The van der Waals surface area contributed by atoms with Crippen LogP contribution in [0.5, 0.6) is 5.75 Å². The van der Waals surface area contributed by atoms with Crippen molar-refractivity contribution in [1.29, 1.82) is 0 Å². The summed E-state index contributed by atoms with van der Waals surface area (Å²) in [4.78, 5) is 24.6. The SMILES string of the molecule is Cc1ccc(N(CC(=O)N/N=C\c2ccc(OCC(=O)Nc3ccc(F)cc3)cc2)S(=O)(=O)c2ccc(F)cc2)cc1. The molecule has 0 aliphatic carbocycles. The Kier molecular flexibility index (Phi) is 9.61. The highest BCUT2D eigenvalue weighted by atomic mass is 32.2. The average molecular weight is 593 g/mol. The summed E-state index contributed by atoms with van der Waals surface area (Å²) in [6.07, 6.45) is 1.35. The maximum Gasteiger partial charge on any atom is 0.264 e. The molecule has 0 aromatic heterocycles. The maximum atomic E-state index is 13.4. The van der Waals surface area contributed by atoms with Gasteiger partial charge in [-0.05, 0) is 97.4 Å². The highest BCUT2D eigenvalue weighted by Crippen LogP contribution is 2.24. The average Bonchev–Trinajstić information content (AvgIpc) is 2.97. The van der Waals surface area contributed by atoms with Crippen LogP contribution in [0.15, 0.2) is 107 Å². The van der Waals surface area contributed by atoms with Crippen LogP contribution in [0.2, 0.25) is 0 Å². The first-order chi connectivity index (χ1) is 20.1. The van der Waals surface area contributed by atoms with Crippen molar-refractivity contribution >= 4 is 39.4 Å². The molecular weight excluding hydrogens is 566 g/mol. The first-order valence-electron chi connectivity index (χ1n) is 12.6. The second-order valence-electron chi connectivity index (χ2n) is 9.01. The number of anilines is 2. The highest BCUT2D eigenvalue weighted by molar-refractivity contribution is 7.92. The molecule has 9 nitrogen and oxygen atoms in total. The third-order valence-corrected chi connectivity index (χ3v) is 7.58. The number of amides is 2. The molecule has 4 aromatic rings. The van der Waals surface area contributed by atoms with Crippen molar-refractivity contribution in [1.82, 2.24) is 5.43 Å². The number of rotatable bonds is 11. The normalized spacial score (nSPS) is 11.2. The Morgan fingerprint density at radius 1 is 0.833 bits per heavy atom. The molecule has 0 saturated carbocycles. The number of halogens is 2. The van der Waals surface area contributed by atoms with E-state index in [0.717, 1.165) is 34.1 Å². The van der Waals surface area contributed by atoms with Crippen molar-refractivity contribution in [3.8, 4) is 5.75 Å². The van der Waals surface area contributed by atoms with Crippen LogP contribution in [0, 0.1) is 18.6 Å². The molecule has 0 fully saturated rings. The van der Waals surface area contributed by atoms with E-state index in [4.69, 9.17) is 4.74 Å². The second kappa shape index (κ2) is 13.5. The number of nitrogens with zero attached hydrogens (tertiary/aromatic N) is 2. The molecule has 0 saturated heterocycles. The summed E-state index contributed by atoms with van der Waals surface area (Å²) in [6.45, 7) is 1.00. The van der Waals surface area contributed by atoms with Gasteiger partial charge in [-0.2, -0.15) is 5.10 Å². The Hall–Kier alpha value is -5.10. The number of sulfonamides is 1. The van der Waals surface area contributed by atoms with Gasteiger partial charge in [0.1, 0.15) is 23.9 Å². The van der Waals surface area contributed by atoms with Crippen LogP contribution >= 0.6 is 0 Å². The van der Waals surface area contributed by atoms with Crippen LogP contribution in [-0.2, 0) is 19.6 Å². The Morgan fingerprint density at radius 2 is 1.43 bits per heavy atom. The summed E-state index contributed by atoms with van der Waals surface area (Å²) in [6, 6.07) is 22.7. The van der Waals surface area contributed by atoms with Gasteiger partial charge in [0.2, 0.25) is 0 Å². The number of aryl methyl sites for hydroxylation is 1. The molecule has 4 aromatic carbocycles. The molecule has 0 aliphatic rings. The number of carbonyl (C=O) groups excluding carboxylic acids is 2. The Bertz CT molecular complexity index is 1660. The number of ether oxygens (including phenoxy) is 1. The van der Waals surface area contributed by atoms with E-state index in [-0.39, 0.29) is 17.2 Å². The third kappa shape index (κ3) is 8.21. The van der Waals surface area contributed by atoms with Gasteiger partial charge in [0, 0.05) is 5.69 Å². The molecule has 0 atom stereocenters. The predicted octanol–water partition coefficient (Wildman–Crippen LogP) is 4.64. The zero-order chi connectivity index (χ0) is 30.1. The van der Waals surface area contributed by atoms with E-state index < -0.39 is 40.0 Å². The van der Waals surface area contributed by atoms with Crippen LogP contribution < -0.4 is 19.8 Å². The van der Waals surface area contributed by atoms with Gasteiger partial charge < -0.3 is 10.1 Å². The Labute approximate surface area is 241 Å². The number of carbonyl (C=O) groups is 2. The fourth-order valence-electron chi connectivity index (χ4n) is 3.63. The van der Waals surface area contributed by atoms with Crippen LogP contribution in [0.4, 0.5) is 20.2 Å². The molecule has 0 heterocycles. The maximum absolute atomic E-state index is 13.4. The standard InChI is InChI=1S/C30H26F2N4O5S/c1-21-2-12-26(13-3-21)36(42(39,40)28-16-8-24(32)9-17-28)19-29(37)35-33-18-22-4-14-27(15-5-22)41-20-30(38)34-25-10-6-23(31)7-11-25/h2-18H,19-20H2,1H3,(H,34,38)(H,35,37)/b33-18-. The highest BCUT2D eigenvalue weighted by Gasteiger charge is 2.27. The minimum atomic E-state index is -4.20. The summed E-state index contributed by atoms with van der Waals surface area (Å²) in [5, 5.41) is 6.49.